The summed E-state index contributed by atoms with van der Waals surface area (Å²) >= 11 is 1.63. The maximum atomic E-state index is 12.1. The number of carbonyl (C=O) groups is 2. The molecule has 0 aromatic carbocycles. The summed E-state index contributed by atoms with van der Waals surface area (Å²) in [5.41, 5.74) is -0.602. The number of rotatable bonds is 5. The second-order valence-electron chi connectivity index (χ2n) is 6.14. The molecule has 0 aliphatic carbocycles. The fourth-order valence-electron chi connectivity index (χ4n) is 2.30. The maximum Gasteiger partial charge on any atom is 0.312 e. The number of methoxy groups -OCH3 is 1. The summed E-state index contributed by atoms with van der Waals surface area (Å²) in [6, 6.07) is 0. The van der Waals surface area contributed by atoms with Crippen molar-refractivity contribution < 1.29 is 14.3 Å². The molecule has 1 aliphatic rings. The van der Waals surface area contributed by atoms with Crippen LogP contribution in [0.25, 0.3) is 0 Å². The van der Waals surface area contributed by atoms with Gasteiger partial charge in [-0.3, -0.25) is 9.59 Å². The lowest BCUT2D eigenvalue weighted by molar-refractivity contribution is -0.156. The van der Waals surface area contributed by atoms with Gasteiger partial charge in [-0.05, 0) is 25.9 Å². The Bertz CT molecular complexity index is 330. The van der Waals surface area contributed by atoms with Crippen LogP contribution in [0, 0.1) is 5.41 Å². The van der Waals surface area contributed by atoms with Gasteiger partial charge in [-0.15, -0.1) is 11.8 Å². The van der Waals surface area contributed by atoms with Crippen molar-refractivity contribution in [1.29, 1.82) is 0 Å². The van der Waals surface area contributed by atoms with Crippen molar-refractivity contribution in [2.75, 3.05) is 26.0 Å². The molecule has 1 rings (SSSR count). The van der Waals surface area contributed by atoms with Gasteiger partial charge in [-0.25, -0.2) is 0 Å². The quantitative estimate of drug-likeness (QED) is 0.784. The highest BCUT2D eigenvalue weighted by molar-refractivity contribution is 8.01. The highest BCUT2D eigenvalue weighted by atomic mass is 32.2. The van der Waals surface area contributed by atoms with Gasteiger partial charge in [0, 0.05) is 11.2 Å². The van der Waals surface area contributed by atoms with Gasteiger partial charge in [0.2, 0.25) is 0 Å². The molecular weight excluding hydrogens is 262 g/mol. The topological polar surface area (TPSA) is 55.4 Å². The summed E-state index contributed by atoms with van der Waals surface area (Å²) in [7, 11) is 1.40. The van der Waals surface area contributed by atoms with Crippen LogP contribution in [-0.4, -0.2) is 42.5 Å². The molecule has 0 spiro atoms. The van der Waals surface area contributed by atoms with E-state index in [1.54, 1.807) is 11.8 Å². The number of Topliss-reactive ketones (excluding diaryl/α,β-unsaturated/α-hetero) is 1. The Labute approximate surface area is 120 Å². The molecule has 0 aromatic heterocycles. The Kier molecular flexibility index (Phi) is 5.86. The molecule has 0 unspecified atom stereocenters. The minimum absolute atomic E-state index is 0.0716. The predicted octanol–water partition coefficient (Wildman–Crippen LogP) is 2.02. The van der Waals surface area contributed by atoms with Gasteiger partial charge in [0.25, 0.3) is 0 Å². The van der Waals surface area contributed by atoms with Crippen LogP contribution in [0.2, 0.25) is 0 Å². The van der Waals surface area contributed by atoms with Crippen LogP contribution in [0.3, 0.4) is 0 Å². The van der Waals surface area contributed by atoms with E-state index in [1.165, 1.54) is 7.11 Å². The lowest BCUT2D eigenvalue weighted by atomic mass is 9.75. The average Bonchev–Trinajstić information content (AvgIpc) is 2.35. The van der Waals surface area contributed by atoms with E-state index in [1.807, 2.05) is 0 Å². The maximum absolute atomic E-state index is 12.1. The first-order valence-corrected chi connectivity index (χ1v) is 7.72. The van der Waals surface area contributed by atoms with Gasteiger partial charge < -0.3 is 10.1 Å². The van der Waals surface area contributed by atoms with E-state index in [9.17, 15) is 9.59 Å². The largest absolute Gasteiger partial charge is 0.469 e. The van der Waals surface area contributed by atoms with Gasteiger partial charge >= 0.3 is 5.97 Å². The third kappa shape index (κ3) is 5.15. The SMILES string of the molecule is COC(=O)C1(CC(=O)CSC(C)(C)C)CCNCC1. The van der Waals surface area contributed by atoms with Crippen molar-refractivity contribution >= 4 is 23.5 Å². The summed E-state index contributed by atoms with van der Waals surface area (Å²) in [5, 5.41) is 3.22. The molecule has 0 amide bonds. The van der Waals surface area contributed by atoms with Gasteiger partial charge in [0.1, 0.15) is 5.78 Å². The highest BCUT2D eigenvalue weighted by Crippen LogP contribution is 2.35. The smallest absolute Gasteiger partial charge is 0.312 e. The van der Waals surface area contributed by atoms with E-state index in [2.05, 4.69) is 26.1 Å². The normalized spacial score (nSPS) is 18.9. The lowest BCUT2D eigenvalue weighted by Gasteiger charge is -2.34. The Morgan fingerprint density at radius 1 is 1.26 bits per heavy atom. The van der Waals surface area contributed by atoms with Crippen LogP contribution in [-0.2, 0) is 14.3 Å². The summed E-state index contributed by atoms with van der Waals surface area (Å²) in [5.74, 6) is 0.380. The number of carbonyl (C=O) groups excluding carboxylic acids is 2. The van der Waals surface area contributed by atoms with E-state index < -0.39 is 5.41 Å². The van der Waals surface area contributed by atoms with E-state index >= 15 is 0 Å². The molecule has 19 heavy (non-hydrogen) atoms. The van der Waals surface area contributed by atoms with Gasteiger partial charge in [-0.2, -0.15) is 0 Å². The average molecular weight is 287 g/mol. The fraction of sp³-hybridized carbons (Fsp3) is 0.857. The minimum atomic E-state index is -0.602. The molecule has 4 nitrogen and oxygen atoms in total. The van der Waals surface area contributed by atoms with Crippen LogP contribution >= 0.6 is 11.8 Å². The van der Waals surface area contributed by atoms with Gasteiger partial charge in [-0.1, -0.05) is 20.8 Å². The molecule has 1 fully saturated rings. The zero-order valence-corrected chi connectivity index (χ0v) is 13.2. The zero-order chi connectivity index (χ0) is 14.5. The van der Waals surface area contributed by atoms with Crippen molar-refractivity contribution in [3.63, 3.8) is 0 Å². The van der Waals surface area contributed by atoms with Crippen molar-refractivity contribution in [3.05, 3.63) is 0 Å². The molecule has 1 aliphatic heterocycles. The number of nitrogens with one attached hydrogen (secondary N) is 1. The van der Waals surface area contributed by atoms with Crippen molar-refractivity contribution in [3.8, 4) is 0 Å². The third-order valence-corrected chi connectivity index (χ3v) is 4.71. The molecule has 0 atom stereocenters. The van der Waals surface area contributed by atoms with Crippen LogP contribution in [0.5, 0.6) is 0 Å². The standard InChI is InChI=1S/C14H25NO3S/c1-13(2,3)19-10-11(16)9-14(12(17)18-4)5-7-15-8-6-14/h15H,5-10H2,1-4H3. The number of esters is 1. The van der Waals surface area contributed by atoms with Crippen molar-refractivity contribution in [2.24, 2.45) is 5.41 Å². The van der Waals surface area contributed by atoms with E-state index in [-0.39, 0.29) is 16.5 Å². The van der Waals surface area contributed by atoms with E-state index in [0.29, 0.717) is 25.0 Å². The molecule has 0 saturated carbocycles. The third-order valence-electron chi connectivity index (χ3n) is 3.38. The summed E-state index contributed by atoms with van der Waals surface area (Å²) in [6.07, 6.45) is 1.68. The fourth-order valence-corrected chi connectivity index (χ4v) is 3.00. The highest BCUT2D eigenvalue weighted by Gasteiger charge is 2.42. The predicted molar refractivity (Wildman–Crippen MR) is 78.4 cm³/mol. The van der Waals surface area contributed by atoms with Crippen LogP contribution < -0.4 is 5.32 Å². The number of ether oxygens (including phenoxy) is 1. The first-order chi connectivity index (χ1) is 8.79. The summed E-state index contributed by atoms with van der Waals surface area (Å²) < 4.78 is 4.99. The van der Waals surface area contributed by atoms with Crippen LogP contribution in [0.4, 0.5) is 0 Å². The minimum Gasteiger partial charge on any atom is -0.469 e. The number of hydrogen-bond acceptors (Lipinski definition) is 5. The molecule has 0 bridgehead atoms. The Morgan fingerprint density at radius 3 is 2.32 bits per heavy atom. The Balaban J connectivity index is 2.62. The Hall–Kier alpha value is -0.550. The molecule has 5 heteroatoms. The second kappa shape index (κ2) is 6.75. The van der Waals surface area contributed by atoms with Crippen LogP contribution in [0.15, 0.2) is 0 Å². The zero-order valence-electron chi connectivity index (χ0n) is 12.4. The second-order valence-corrected chi connectivity index (χ2v) is 7.94. The molecule has 1 N–H and O–H groups in total. The monoisotopic (exact) mass is 287 g/mol. The van der Waals surface area contributed by atoms with E-state index in [0.717, 1.165) is 13.1 Å². The first-order valence-electron chi connectivity index (χ1n) is 6.74. The first kappa shape index (κ1) is 16.5. The summed E-state index contributed by atoms with van der Waals surface area (Å²) in [6.45, 7) is 7.81. The van der Waals surface area contributed by atoms with Crippen molar-refractivity contribution in [1.82, 2.24) is 5.32 Å². The van der Waals surface area contributed by atoms with E-state index in [4.69, 9.17) is 4.74 Å². The number of hydrogen-bond donors (Lipinski definition) is 1. The molecule has 110 valence electrons. The number of thioether (sulfide) groups is 1. The molecule has 1 saturated heterocycles. The number of ketones is 1. The molecule has 0 aromatic rings. The molecule has 0 radical (unpaired) electrons. The van der Waals surface area contributed by atoms with Gasteiger partial charge in [0.15, 0.2) is 0 Å². The van der Waals surface area contributed by atoms with Crippen molar-refractivity contribution in [2.45, 2.75) is 44.8 Å². The molecular formula is C14H25NO3S. The molecule has 1 heterocycles. The Morgan fingerprint density at radius 2 is 1.84 bits per heavy atom. The lowest BCUT2D eigenvalue weighted by Crippen LogP contribution is -2.44. The summed E-state index contributed by atoms with van der Waals surface area (Å²) in [4.78, 5) is 24.2. The number of piperidine rings is 1. The van der Waals surface area contributed by atoms with Crippen LogP contribution in [0.1, 0.15) is 40.0 Å². The van der Waals surface area contributed by atoms with Gasteiger partial charge in [0.05, 0.1) is 18.3 Å².